The minimum Gasteiger partial charge on any atom is -0.453 e. The predicted molar refractivity (Wildman–Crippen MR) is 152 cm³/mol. The molecule has 0 aliphatic rings. The number of aromatic nitrogens is 4. The molecule has 12 nitrogen and oxygen atoms in total. The Bertz CT molecular complexity index is 1540. The second kappa shape index (κ2) is 12.2. The van der Waals surface area contributed by atoms with E-state index in [1.54, 1.807) is 46.8 Å². The number of benzene rings is 1. The molecule has 3 rings (SSSR count). The Morgan fingerprint density at radius 1 is 1.07 bits per heavy atom. The van der Waals surface area contributed by atoms with Gasteiger partial charge in [0.05, 0.1) is 24.3 Å². The monoisotopic (exact) mass is 584 g/mol. The number of rotatable bonds is 9. The van der Waals surface area contributed by atoms with Gasteiger partial charge in [0.2, 0.25) is 17.6 Å². The van der Waals surface area contributed by atoms with E-state index in [0.29, 0.717) is 11.4 Å². The summed E-state index contributed by atoms with van der Waals surface area (Å²) in [4.78, 5) is 56.4. The molecule has 0 bridgehead atoms. The summed E-state index contributed by atoms with van der Waals surface area (Å²) >= 11 is 0. The van der Waals surface area contributed by atoms with Gasteiger partial charge in [-0.2, -0.15) is 0 Å². The van der Waals surface area contributed by atoms with Crippen molar-refractivity contribution >= 4 is 23.5 Å². The molecule has 13 heteroatoms. The highest BCUT2D eigenvalue weighted by molar-refractivity contribution is 5.98. The van der Waals surface area contributed by atoms with Gasteiger partial charge in [0.1, 0.15) is 23.9 Å². The fourth-order valence-electron chi connectivity index (χ4n) is 4.27. The maximum Gasteiger partial charge on any atom is 0.411 e. The summed E-state index contributed by atoms with van der Waals surface area (Å²) in [5.74, 6) is -1.86. The van der Waals surface area contributed by atoms with Crippen LogP contribution in [0.15, 0.2) is 33.5 Å². The number of anilines is 1. The van der Waals surface area contributed by atoms with Crippen LogP contribution in [-0.4, -0.2) is 50.7 Å². The third-order valence-electron chi connectivity index (χ3n) is 6.74. The van der Waals surface area contributed by atoms with E-state index in [2.05, 4.69) is 30.6 Å². The van der Waals surface area contributed by atoms with Gasteiger partial charge >= 0.3 is 6.09 Å². The van der Waals surface area contributed by atoms with Crippen LogP contribution in [0, 0.1) is 18.7 Å². The van der Waals surface area contributed by atoms with E-state index in [1.165, 1.54) is 12.1 Å². The van der Waals surface area contributed by atoms with Gasteiger partial charge in [-0.1, -0.05) is 46.8 Å². The van der Waals surface area contributed by atoms with Crippen LogP contribution in [0.1, 0.15) is 82.1 Å². The van der Waals surface area contributed by atoms with E-state index >= 15 is 0 Å². The summed E-state index contributed by atoms with van der Waals surface area (Å²) in [7, 11) is 1.16. The second-order valence-corrected chi connectivity index (χ2v) is 11.9. The number of carbonyl (C=O) groups is 3. The van der Waals surface area contributed by atoms with Crippen LogP contribution in [0.5, 0.6) is 0 Å². The van der Waals surface area contributed by atoms with Crippen molar-refractivity contribution in [1.29, 1.82) is 0 Å². The van der Waals surface area contributed by atoms with Crippen molar-refractivity contribution < 1.29 is 27.9 Å². The maximum atomic E-state index is 13.4. The quantitative estimate of drug-likeness (QED) is 0.356. The van der Waals surface area contributed by atoms with Crippen molar-refractivity contribution in [2.75, 3.05) is 12.4 Å². The van der Waals surface area contributed by atoms with Gasteiger partial charge in [0.25, 0.3) is 11.4 Å². The Kier molecular flexibility index (Phi) is 9.33. The number of amides is 2. The Balaban J connectivity index is 1.89. The lowest BCUT2D eigenvalue weighted by atomic mass is 9.84. The van der Waals surface area contributed by atoms with E-state index in [9.17, 15) is 23.6 Å². The number of hydrogen-bond donors (Lipinski definition) is 2. The number of halogens is 1. The smallest absolute Gasteiger partial charge is 0.411 e. The standard InChI is InChI=1S/C29H37FN6O6/c1-15(2)20(22(38)23-34-35-26(42-23)29(7,8)17-10-12-18(30)13-11-17)32-19(37)14-36-24(39)21(33-27(40)41-9)16(3)31-25(36)28(4,5)6/h10-13,15,20H,14H2,1-9H3,(H,32,37)(H,33,40)/t20-/m1/s1. The molecule has 1 atom stereocenters. The van der Waals surface area contributed by atoms with E-state index in [1.807, 2.05) is 20.8 Å². The summed E-state index contributed by atoms with van der Waals surface area (Å²) in [6.07, 6.45) is -0.858. The number of Topliss-reactive ketones (excluding diaryl/α,β-unsaturated/α-hetero) is 1. The molecule has 0 aliphatic carbocycles. The first-order valence-corrected chi connectivity index (χ1v) is 13.4. The molecule has 0 fully saturated rings. The van der Waals surface area contributed by atoms with Crippen LogP contribution in [-0.2, 0) is 26.9 Å². The summed E-state index contributed by atoms with van der Waals surface area (Å²) in [5, 5.41) is 13.0. The molecule has 0 unspecified atom stereocenters. The molecule has 0 spiro atoms. The number of carbonyl (C=O) groups excluding carboxylic acids is 3. The van der Waals surface area contributed by atoms with Crippen molar-refractivity contribution in [1.82, 2.24) is 25.1 Å². The van der Waals surface area contributed by atoms with Gasteiger partial charge in [-0.3, -0.25) is 24.3 Å². The number of hydrogen-bond acceptors (Lipinski definition) is 9. The molecule has 2 amide bonds. The zero-order chi connectivity index (χ0) is 31.6. The molecule has 0 saturated heterocycles. The third kappa shape index (κ3) is 6.89. The number of aryl methyl sites for hydroxylation is 1. The summed E-state index contributed by atoms with van der Waals surface area (Å²) < 4.78 is 24.9. The number of ketones is 1. The highest BCUT2D eigenvalue weighted by atomic mass is 19.1. The molecule has 0 saturated carbocycles. The van der Waals surface area contributed by atoms with Crippen molar-refractivity contribution in [3.63, 3.8) is 0 Å². The van der Waals surface area contributed by atoms with Crippen LogP contribution in [0.4, 0.5) is 14.9 Å². The lowest BCUT2D eigenvalue weighted by Gasteiger charge is -2.25. The highest BCUT2D eigenvalue weighted by Gasteiger charge is 2.34. The van der Waals surface area contributed by atoms with Crippen molar-refractivity contribution in [3.05, 3.63) is 69.3 Å². The van der Waals surface area contributed by atoms with Crippen molar-refractivity contribution in [2.24, 2.45) is 5.92 Å². The zero-order valence-corrected chi connectivity index (χ0v) is 25.3. The first-order chi connectivity index (χ1) is 19.5. The molecule has 2 heterocycles. The summed E-state index contributed by atoms with van der Waals surface area (Å²) in [5.41, 5.74) is -1.27. The summed E-state index contributed by atoms with van der Waals surface area (Å²) in [6, 6.07) is 4.77. The van der Waals surface area contributed by atoms with Gasteiger partial charge in [-0.25, -0.2) is 14.2 Å². The fourth-order valence-corrected chi connectivity index (χ4v) is 4.27. The van der Waals surface area contributed by atoms with Crippen LogP contribution >= 0.6 is 0 Å². The van der Waals surface area contributed by atoms with Crippen LogP contribution in [0.3, 0.4) is 0 Å². The molecule has 2 aromatic heterocycles. The number of nitrogens with one attached hydrogen (secondary N) is 2. The van der Waals surface area contributed by atoms with Gasteiger partial charge in [-0.05, 0) is 44.4 Å². The Labute approximate surface area is 243 Å². The first-order valence-electron chi connectivity index (χ1n) is 13.4. The minimum absolute atomic E-state index is 0.124. The molecule has 0 aliphatic heterocycles. The molecular formula is C29H37FN6O6. The number of ether oxygens (including phenoxy) is 1. The Morgan fingerprint density at radius 3 is 2.24 bits per heavy atom. The van der Waals surface area contributed by atoms with Crippen LogP contribution < -0.4 is 16.2 Å². The van der Waals surface area contributed by atoms with Crippen molar-refractivity contribution in [3.8, 4) is 0 Å². The zero-order valence-electron chi connectivity index (χ0n) is 25.3. The van der Waals surface area contributed by atoms with Gasteiger partial charge < -0.3 is 14.5 Å². The average molecular weight is 585 g/mol. The lowest BCUT2D eigenvalue weighted by Crippen LogP contribution is -2.47. The number of nitrogens with zero attached hydrogens (tertiary/aromatic N) is 4. The molecule has 226 valence electrons. The van der Waals surface area contributed by atoms with E-state index in [4.69, 9.17) is 4.42 Å². The fraction of sp³-hybridized carbons (Fsp3) is 0.483. The molecule has 42 heavy (non-hydrogen) atoms. The number of methoxy groups -OCH3 is 1. The van der Waals surface area contributed by atoms with Crippen LogP contribution in [0.2, 0.25) is 0 Å². The Morgan fingerprint density at radius 2 is 1.69 bits per heavy atom. The third-order valence-corrected chi connectivity index (χ3v) is 6.74. The second-order valence-electron chi connectivity index (χ2n) is 11.9. The molecule has 0 radical (unpaired) electrons. The van der Waals surface area contributed by atoms with Gasteiger partial charge in [0, 0.05) is 5.41 Å². The highest BCUT2D eigenvalue weighted by Crippen LogP contribution is 2.31. The van der Waals surface area contributed by atoms with Gasteiger partial charge in [0.15, 0.2) is 0 Å². The van der Waals surface area contributed by atoms with Gasteiger partial charge in [-0.15, -0.1) is 10.2 Å². The molecule has 2 N–H and O–H groups in total. The molecule has 1 aromatic carbocycles. The van der Waals surface area contributed by atoms with E-state index in [0.717, 1.165) is 11.7 Å². The average Bonchev–Trinajstić information content (AvgIpc) is 3.41. The predicted octanol–water partition coefficient (Wildman–Crippen LogP) is 3.90. The van der Waals surface area contributed by atoms with Crippen LogP contribution in [0.25, 0.3) is 0 Å². The Hall–Kier alpha value is -4.42. The molecular weight excluding hydrogens is 547 g/mol. The first kappa shape index (κ1) is 32.1. The molecule has 3 aromatic rings. The normalized spacial score (nSPS) is 12.6. The SMILES string of the molecule is COC(=O)Nc1c(C)nc(C(C)(C)C)n(CC(=O)N[C@@H](C(=O)c2nnc(C(C)(C)c3ccc(F)cc3)o2)C(C)C)c1=O. The van der Waals surface area contributed by atoms with E-state index in [-0.39, 0.29) is 34.9 Å². The summed E-state index contributed by atoms with van der Waals surface area (Å²) in [6.45, 7) is 13.7. The maximum absolute atomic E-state index is 13.4. The van der Waals surface area contributed by atoms with Crippen molar-refractivity contribution in [2.45, 2.75) is 78.8 Å². The lowest BCUT2D eigenvalue weighted by molar-refractivity contribution is -0.122. The van der Waals surface area contributed by atoms with E-state index < -0.39 is 46.8 Å². The topological polar surface area (TPSA) is 158 Å². The largest absolute Gasteiger partial charge is 0.453 e. The minimum atomic E-state index is -1.06.